The lowest BCUT2D eigenvalue weighted by atomic mass is 10.1. The summed E-state index contributed by atoms with van der Waals surface area (Å²) in [5, 5.41) is 9.73. The summed E-state index contributed by atoms with van der Waals surface area (Å²) in [5.74, 6) is 0.396. The van der Waals surface area contributed by atoms with Crippen molar-refractivity contribution in [3.8, 4) is 11.4 Å². The third kappa shape index (κ3) is 5.44. The number of rotatable bonds is 8. The van der Waals surface area contributed by atoms with Gasteiger partial charge >= 0.3 is 0 Å². The monoisotopic (exact) mass is 326 g/mol. The van der Waals surface area contributed by atoms with Gasteiger partial charge < -0.3 is 19.9 Å². The van der Waals surface area contributed by atoms with Gasteiger partial charge in [-0.3, -0.25) is 4.79 Å². The van der Waals surface area contributed by atoms with Gasteiger partial charge in [0.1, 0.15) is 0 Å². The maximum absolute atomic E-state index is 11.9. The van der Waals surface area contributed by atoms with Crippen LogP contribution >= 0.6 is 12.4 Å². The molecule has 2 aromatic rings. The van der Waals surface area contributed by atoms with Crippen molar-refractivity contribution in [2.75, 3.05) is 33.4 Å². The lowest BCUT2D eigenvalue weighted by Crippen LogP contribution is -2.33. The summed E-state index contributed by atoms with van der Waals surface area (Å²) in [4.78, 5) is 15.9. The van der Waals surface area contributed by atoms with Crippen molar-refractivity contribution < 1.29 is 14.1 Å². The van der Waals surface area contributed by atoms with Crippen LogP contribution in [0.3, 0.4) is 0 Å². The third-order valence-electron chi connectivity index (χ3n) is 2.84. The molecule has 0 fully saturated rings. The Morgan fingerprint density at radius 1 is 1.23 bits per heavy atom. The molecule has 0 bridgehead atoms. The normalized spacial score (nSPS) is 10.0. The first-order valence-electron chi connectivity index (χ1n) is 6.66. The standard InChI is InChI=1S/C14H18N4O3.ClH/c1-20-9-8-15-6-7-16-14(19)12-4-2-11(3-5-12)13-17-10-21-18-13;/h2-5,10,15H,6-9H2,1H3,(H,16,19);1H. The molecule has 0 radical (unpaired) electrons. The van der Waals surface area contributed by atoms with Gasteiger partial charge in [0.2, 0.25) is 12.2 Å². The molecule has 0 unspecified atom stereocenters. The maximum atomic E-state index is 11.9. The van der Waals surface area contributed by atoms with Gasteiger partial charge in [-0.15, -0.1) is 12.4 Å². The molecule has 7 nitrogen and oxygen atoms in total. The van der Waals surface area contributed by atoms with Crippen molar-refractivity contribution >= 4 is 18.3 Å². The fraction of sp³-hybridized carbons (Fsp3) is 0.357. The topological polar surface area (TPSA) is 89.3 Å². The van der Waals surface area contributed by atoms with Crippen LogP contribution in [0, 0.1) is 0 Å². The van der Waals surface area contributed by atoms with Gasteiger partial charge in [-0.25, -0.2) is 0 Å². The lowest BCUT2D eigenvalue weighted by molar-refractivity contribution is 0.0953. The van der Waals surface area contributed by atoms with E-state index < -0.39 is 0 Å². The average Bonchev–Trinajstić information content (AvgIpc) is 3.05. The SMILES string of the molecule is COCCNCCNC(=O)c1ccc(-c2ncon2)cc1.Cl. The molecule has 0 spiro atoms. The summed E-state index contributed by atoms with van der Waals surface area (Å²) in [6.45, 7) is 2.70. The molecule has 2 N–H and O–H groups in total. The van der Waals surface area contributed by atoms with E-state index in [1.165, 1.54) is 6.39 Å². The van der Waals surface area contributed by atoms with E-state index in [4.69, 9.17) is 4.74 Å². The quantitative estimate of drug-likeness (QED) is 0.707. The molecule has 1 heterocycles. The van der Waals surface area contributed by atoms with Crippen molar-refractivity contribution in [3.63, 3.8) is 0 Å². The smallest absolute Gasteiger partial charge is 0.251 e. The molecule has 0 aliphatic carbocycles. The summed E-state index contributed by atoms with van der Waals surface area (Å²) >= 11 is 0. The molecule has 0 saturated heterocycles. The predicted molar refractivity (Wildman–Crippen MR) is 84.1 cm³/mol. The number of aromatic nitrogens is 2. The van der Waals surface area contributed by atoms with Crippen LogP contribution in [0.1, 0.15) is 10.4 Å². The van der Waals surface area contributed by atoms with E-state index in [1.54, 1.807) is 31.4 Å². The molecular weight excluding hydrogens is 308 g/mol. The highest BCUT2D eigenvalue weighted by molar-refractivity contribution is 5.94. The van der Waals surface area contributed by atoms with Crippen LogP contribution in [0.4, 0.5) is 0 Å². The molecule has 1 aromatic carbocycles. The number of methoxy groups -OCH3 is 1. The third-order valence-corrected chi connectivity index (χ3v) is 2.84. The van der Waals surface area contributed by atoms with Crippen LogP contribution in [-0.4, -0.2) is 49.4 Å². The Morgan fingerprint density at radius 3 is 2.64 bits per heavy atom. The van der Waals surface area contributed by atoms with Crippen LogP contribution in [0.15, 0.2) is 35.2 Å². The first kappa shape index (κ1) is 18.1. The Bertz CT molecular complexity index is 546. The van der Waals surface area contributed by atoms with Gasteiger partial charge in [0.25, 0.3) is 5.91 Å². The summed E-state index contributed by atoms with van der Waals surface area (Å²) in [7, 11) is 1.65. The minimum absolute atomic E-state index is 0. The maximum Gasteiger partial charge on any atom is 0.251 e. The predicted octanol–water partition coefficient (Wildman–Crippen LogP) is 1.12. The molecule has 0 saturated carbocycles. The van der Waals surface area contributed by atoms with Gasteiger partial charge in [0.05, 0.1) is 6.61 Å². The number of carbonyl (C=O) groups is 1. The minimum atomic E-state index is -0.108. The molecule has 0 atom stereocenters. The van der Waals surface area contributed by atoms with Crippen LogP contribution in [-0.2, 0) is 4.74 Å². The zero-order valence-corrected chi connectivity index (χ0v) is 13.1. The highest BCUT2D eigenvalue weighted by Crippen LogP contribution is 2.14. The van der Waals surface area contributed by atoms with Crippen molar-refractivity contribution in [1.29, 1.82) is 0 Å². The molecule has 120 valence electrons. The number of benzene rings is 1. The molecule has 8 heteroatoms. The van der Waals surface area contributed by atoms with Crippen LogP contribution in [0.2, 0.25) is 0 Å². The van der Waals surface area contributed by atoms with Gasteiger partial charge in [-0.05, 0) is 12.1 Å². The van der Waals surface area contributed by atoms with Gasteiger partial charge in [-0.1, -0.05) is 17.3 Å². The van der Waals surface area contributed by atoms with E-state index in [0.717, 1.165) is 12.1 Å². The second kappa shape index (κ2) is 9.88. The second-order valence-electron chi connectivity index (χ2n) is 4.33. The fourth-order valence-corrected chi connectivity index (χ4v) is 1.73. The molecule has 0 aliphatic rings. The average molecular weight is 327 g/mol. The number of halogens is 1. The first-order valence-corrected chi connectivity index (χ1v) is 6.66. The van der Waals surface area contributed by atoms with Crippen LogP contribution in [0.5, 0.6) is 0 Å². The number of amides is 1. The van der Waals surface area contributed by atoms with E-state index in [2.05, 4.69) is 25.3 Å². The lowest BCUT2D eigenvalue weighted by Gasteiger charge is -2.07. The molecule has 22 heavy (non-hydrogen) atoms. The van der Waals surface area contributed by atoms with Crippen LogP contribution in [0.25, 0.3) is 11.4 Å². The van der Waals surface area contributed by atoms with E-state index in [-0.39, 0.29) is 18.3 Å². The van der Waals surface area contributed by atoms with E-state index in [0.29, 0.717) is 31.1 Å². The number of hydrogen-bond donors (Lipinski definition) is 2. The molecule has 1 aromatic heterocycles. The highest BCUT2D eigenvalue weighted by atomic mass is 35.5. The molecule has 2 rings (SSSR count). The van der Waals surface area contributed by atoms with E-state index in [9.17, 15) is 4.79 Å². The molecule has 0 aliphatic heterocycles. The number of carbonyl (C=O) groups excluding carboxylic acids is 1. The zero-order chi connectivity index (χ0) is 14.9. The summed E-state index contributed by atoms with van der Waals surface area (Å²) in [6.07, 6.45) is 1.27. The van der Waals surface area contributed by atoms with Crippen molar-refractivity contribution in [2.45, 2.75) is 0 Å². The summed E-state index contributed by atoms with van der Waals surface area (Å²) in [6, 6.07) is 7.05. The highest BCUT2D eigenvalue weighted by Gasteiger charge is 2.07. The Morgan fingerprint density at radius 2 is 2.00 bits per heavy atom. The van der Waals surface area contributed by atoms with Crippen molar-refractivity contribution in [1.82, 2.24) is 20.8 Å². The first-order chi connectivity index (χ1) is 10.3. The molecule has 1 amide bonds. The molecular formula is C14H19ClN4O3. The number of nitrogens with zero attached hydrogens (tertiary/aromatic N) is 2. The Hall–Kier alpha value is -1.96. The number of hydrogen-bond acceptors (Lipinski definition) is 6. The number of ether oxygens (including phenoxy) is 1. The Balaban J connectivity index is 0.00000242. The zero-order valence-electron chi connectivity index (χ0n) is 12.2. The van der Waals surface area contributed by atoms with E-state index >= 15 is 0 Å². The minimum Gasteiger partial charge on any atom is -0.383 e. The Kier molecular flexibility index (Phi) is 8.13. The van der Waals surface area contributed by atoms with Crippen molar-refractivity contribution in [3.05, 3.63) is 36.2 Å². The van der Waals surface area contributed by atoms with Gasteiger partial charge in [0, 0.05) is 37.9 Å². The van der Waals surface area contributed by atoms with E-state index in [1.807, 2.05) is 0 Å². The van der Waals surface area contributed by atoms with Crippen molar-refractivity contribution in [2.24, 2.45) is 0 Å². The fourth-order valence-electron chi connectivity index (χ4n) is 1.73. The Labute approximate surface area is 134 Å². The second-order valence-corrected chi connectivity index (χ2v) is 4.33. The number of nitrogens with one attached hydrogen (secondary N) is 2. The van der Waals surface area contributed by atoms with Crippen LogP contribution < -0.4 is 10.6 Å². The van der Waals surface area contributed by atoms with Gasteiger partial charge in [-0.2, -0.15) is 4.98 Å². The largest absolute Gasteiger partial charge is 0.383 e. The summed E-state index contributed by atoms with van der Waals surface area (Å²) < 4.78 is 9.60. The van der Waals surface area contributed by atoms with Gasteiger partial charge in [0.15, 0.2) is 0 Å². The summed E-state index contributed by atoms with van der Waals surface area (Å²) in [5.41, 5.74) is 1.40.